The van der Waals surface area contributed by atoms with Crippen LogP contribution in [0.4, 0.5) is 5.82 Å². The molecule has 1 amide bonds. The highest BCUT2D eigenvalue weighted by Gasteiger charge is 2.27. The van der Waals surface area contributed by atoms with Gasteiger partial charge in [0.2, 0.25) is 0 Å². The van der Waals surface area contributed by atoms with Crippen LogP contribution in [0.5, 0.6) is 5.75 Å². The van der Waals surface area contributed by atoms with Crippen molar-refractivity contribution in [3.8, 4) is 5.75 Å². The zero-order valence-corrected chi connectivity index (χ0v) is 16.4. The second-order valence-corrected chi connectivity index (χ2v) is 7.10. The van der Waals surface area contributed by atoms with E-state index in [1.807, 2.05) is 56.0 Å². The van der Waals surface area contributed by atoms with E-state index in [0.29, 0.717) is 13.1 Å². The number of hydrogen-bond acceptors (Lipinski definition) is 6. The summed E-state index contributed by atoms with van der Waals surface area (Å²) in [6, 6.07) is 9.74. The van der Waals surface area contributed by atoms with Gasteiger partial charge in [0.15, 0.2) is 11.8 Å². The van der Waals surface area contributed by atoms with Crippen LogP contribution in [-0.2, 0) is 4.79 Å². The molecule has 0 spiro atoms. The molecule has 3 aromatic rings. The van der Waals surface area contributed by atoms with Gasteiger partial charge in [-0.3, -0.25) is 4.79 Å². The van der Waals surface area contributed by atoms with Gasteiger partial charge in [-0.15, -0.1) is 15.3 Å². The highest BCUT2D eigenvalue weighted by atomic mass is 16.5. The first-order valence-electron chi connectivity index (χ1n) is 9.46. The molecule has 0 aliphatic carbocycles. The molecule has 8 heteroatoms. The van der Waals surface area contributed by atoms with Crippen LogP contribution in [0.2, 0.25) is 0 Å². The first kappa shape index (κ1) is 18.2. The van der Waals surface area contributed by atoms with Crippen molar-refractivity contribution in [2.45, 2.75) is 26.9 Å². The molecule has 1 atom stereocenters. The zero-order chi connectivity index (χ0) is 19.7. The molecule has 146 valence electrons. The molecule has 1 aliphatic rings. The number of amides is 1. The maximum absolute atomic E-state index is 12.8. The Bertz CT molecular complexity index is 993. The minimum absolute atomic E-state index is 0.0165. The number of piperazine rings is 1. The Morgan fingerprint density at radius 2 is 1.89 bits per heavy atom. The summed E-state index contributed by atoms with van der Waals surface area (Å²) in [6.45, 7) is 8.60. The lowest BCUT2D eigenvalue weighted by Gasteiger charge is -2.36. The summed E-state index contributed by atoms with van der Waals surface area (Å²) in [5.41, 5.74) is 2.95. The van der Waals surface area contributed by atoms with Gasteiger partial charge < -0.3 is 14.5 Å². The maximum Gasteiger partial charge on any atom is 0.263 e. The molecule has 0 N–H and O–H groups in total. The molecule has 3 heterocycles. The molecule has 8 nitrogen and oxygen atoms in total. The van der Waals surface area contributed by atoms with E-state index in [2.05, 4.69) is 20.2 Å². The molecule has 1 aliphatic heterocycles. The Balaban J connectivity index is 1.37. The molecule has 0 unspecified atom stereocenters. The Morgan fingerprint density at radius 1 is 1.11 bits per heavy atom. The molecular weight excluding hydrogens is 356 g/mol. The van der Waals surface area contributed by atoms with Gasteiger partial charge in [-0.1, -0.05) is 12.1 Å². The van der Waals surface area contributed by atoms with Crippen molar-refractivity contribution in [1.82, 2.24) is 24.7 Å². The monoisotopic (exact) mass is 380 g/mol. The average Bonchev–Trinajstić information content (AvgIpc) is 3.19. The number of nitrogens with zero attached hydrogens (tertiary/aromatic N) is 6. The summed E-state index contributed by atoms with van der Waals surface area (Å²) in [7, 11) is 0. The quantitative estimate of drug-likeness (QED) is 0.688. The molecule has 0 saturated carbocycles. The first-order chi connectivity index (χ1) is 13.5. The molecule has 1 aromatic carbocycles. The molecule has 2 aromatic heterocycles. The summed E-state index contributed by atoms with van der Waals surface area (Å²) >= 11 is 0. The normalized spacial score (nSPS) is 15.7. The van der Waals surface area contributed by atoms with E-state index in [1.54, 1.807) is 10.8 Å². The van der Waals surface area contributed by atoms with Crippen molar-refractivity contribution in [1.29, 1.82) is 0 Å². The van der Waals surface area contributed by atoms with E-state index >= 15 is 0 Å². The maximum atomic E-state index is 12.8. The summed E-state index contributed by atoms with van der Waals surface area (Å²) in [5, 5.41) is 12.4. The van der Waals surface area contributed by atoms with Crippen molar-refractivity contribution in [3.05, 3.63) is 47.8 Å². The van der Waals surface area contributed by atoms with Crippen molar-refractivity contribution in [2.75, 3.05) is 31.1 Å². The highest BCUT2D eigenvalue weighted by molar-refractivity contribution is 5.81. The van der Waals surface area contributed by atoms with Crippen molar-refractivity contribution < 1.29 is 9.53 Å². The largest absolute Gasteiger partial charge is 0.481 e. The fourth-order valence-electron chi connectivity index (χ4n) is 3.39. The lowest BCUT2D eigenvalue weighted by molar-refractivity contribution is -0.138. The third kappa shape index (κ3) is 3.49. The highest BCUT2D eigenvalue weighted by Crippen LogP contribution is 2.22. The lowest BCUT2D eigenvalue weighted by atomic mass is 10.1. The predicted octanol–water partition coefficient (Wildman–Crippen LogP) is 1.86. The molecule has 0 radical (unpaired) electrons. The molecule has 0 bridgehead atoms. The number of anilines is 1. The third-order valence-corrected chi connectivity index (χ3v) is 5.27. The van der Waals surface area contributed by atoms with E-state index in [4.69, 9.17) is 4.74 Å². The van der Waals surface area contributed by atoms with Crippen LogP contribution < -0.4 is 9.64 Å². The zero-order valence-electron chi connectivity index (χ0n) is 16.4. The number of hydrogen-bond donors (Lipinski definition) is 0. The number of benzene rings is 1. The Hall–Kier alpha value is -3.16. The summed E-state index contributed by atoms with van der Waals surface area (Å²) in [4.78, 5) is 16.9. The SMILES string of the molecule is Cc1cccc(O[C@H](C)C(=O)N2CCN(c3ccc4nncn4n3)CC2)c1C. The fraction of sp³-hybridized carbons (Fsp3) is 0.400. The Morgan fingerprint density at radius 3 is 2.68 bits per heavy atom. The van der Waals surface area contributed by atoms with Gasteiger partial charge in [-0.25, -0.2) is 0 Å². The number of aryl methyl sites for hydroxylation is 1. The molecule has 1 saturated heterocycles. The van der Waals surface area contributed by atoms with Crippen LogP contribution in [0.1, 0.15) is 18.1 Å². The summed E-state index contributed by atoms with van der Waals surface area (Å²) < 4.78 is 7.62. The number of carbonyl (C=O) groups is 1. The van der Waals surface area contributed by atoms with Gasteiger partial charge in [0.25, 0.3) is 5.91 Å². The van der Waals surface area contributed by atoms with Crippen LogP contribution >= 0.6 is 0 Å². The van der Waals surface area contributed by atoms with E-state index in [9.17, 15) is 4.79 Å². The minimum Gasteiger partial charge on any atom is -0.481 e. The summed E-state index contributed by atoms with van der Waals surface area (Å²) in [6.07, 6.45) is 1.07. The smallest absolute Gasteiger partial charge is 0.263 e. The topological polar surface area (TPSA) is 75.9 Å². The average molecular weight is 380 g/mol. The molecule has 28 heavy (non-hydrogen) atoms. The first-order valence-corrected chi connectivity index (χ1v) is 9.46. The van der Waals surface area contributed by atoms with Crippen LogP contribution in [0, 0.1) is 13.8 Å². The van der Waals surface area contributed by atoms with Crippen molar-refractivity contribution in [3.63, 3.8) is 0 Å². The van der Waals surface area contributed by atoms with Crippen LogP contribution in [-0.4, -0.2) is 62.9 Å². The van der Waals surface area contributed by atoms with Gasteiger partial charge in [0, 0.05) is 26.2 Å². The fourth-order valence-corrected chi connectivity index (χ4v) is 3.39. The van der Waals surface area contributed by atoms with Crippen molar-refractivity contribution in [2.24, 2.45) is 0 Å². The Kier molecular flexibility index (Phi) is 4.85. The molecule has 1 fully saturated rings. The number of fused-ring (bicyclic) bond motifs is 1. The number of rotatable bonds is 4. The van der Waals surface area contributed by atoms with Crippen LogP contribution in [0.3, 0.4) is 0 Å². The number of ether oxygens (including phenoxy) is 1. The van der Waals surface area contributed by atoms with E-state index in [0.717, 1.165) is 41.4 Å². The van der Waals surface area contributed by atoms with E-state index in [1.165, 1.54) is 0 Å². The third-order valence-electron chi connectivity index (χ3n) is 5.27. The van der Waals surface area contributed by atoms with E-state index in [-0.39, 0.29) is 5.91 Å². The van der Waals surface area contributed by atoms with Gasteiger partial charge in [0.1, 0.15) is 17.9 Å². The lowest BCUT2D eigenvalue weighted by Crippen LogP contribution is -2.52. The van der Waals surface area contributed by atoms with Crippen LogP contribution in [0.15, 0.2) is 36.7 Å². The minimum atomic E-state index is -0.515. The Labute approximate surface area is 163 Å². The van der Waals surface area contributed by atoms with Crippen LogP contribution in [0.25, 0.3) is 5.65 Å². The van der Waals surface area contributed by atoms with E-state index < -0.39 is 6.10 Å². The standard InChI is InChI=1S/C20H24N6O2/c1-14-5-4-6-17(15(14)2)28-16(3)20(27)25-11-9-24(10-12-25)19-8-7-18-22-21-13-26(18)23-19/h4-8,13,16H,9-12H2,1-3H3/t16-/m1/s1. The predicted molar refractivity (Wildman–Crippen MR) is 106 cm³/mol. The molecular formula is C20H24N6O2. The number of carbonyl (C=O) groups excluding carboxylic acids is 1. The summed E-state index contributed by atoms with van der Waals surface area (Å²) in [5.74, 6) is 1.65. The van der Waals surface area contributed by atoms with Gasteiger partial charge in [-0.2, -0.15) is 4.52 Å². The molecule has 4 rings (SSSR count). The van der Waals surface area contributed by atoms with Gasteiger partial charge in [0.05, 0.1) is 0 Å². The second-order valence-electron chi connectivity index (χ2n) is 7.10. The number of aromatic nitrogens is 4. The van der Waals surface area contributed by atoms with Gasteiger partial charge in [-0.05, 0) is 50.1 Å². The second kappa shape index (κ2) is 7.46. The van der Waals surface area contributed by atoms with Gasteiger partial charge >= 0.3 is 0 Å². The van der Waals surface area contributed by atoms with Crippen molar-refractivity contribution >= 4 is 17.4 Å².